The number of nitro groups is 1. The fraction of sp³-hybridized carbons (Fsp3) is 0.111. The van der Waals surface area contributed by atoms with E-state index in [1.54, 1.807) is 6.07 Å². The molecule has 0 saturated carbocycles. The number of nitro benzene ring substituents is 1. The smallest absolute Gasteiger partial charge is 0.293 e. The van der Waals surface area contributed by atoms with Crippen LogP contribution in [0.25, 0.3) is 10.9 Å². The summed E-state index contributed by atoms with van der Waals surface area (Å²) >= 11 is 0. The molecule has 0 aliphatic carbocycles. The molecule has 1 N–H and O–H groups in total. The molecule has 4 heteroatoms. The van der Waals surface area contributed by atoms with Crippen LogP contribution in [0.5, 0.6) is 0 Å². The molecule has 1 aromatic heterocycles. The quantitative estimate of drug-likeness (QED) is 0.535. The minimum atomic E-state index is -0.377. The minimum Gasteiger partial charge on any atom is -0.353 e. The molecule has 1 aromatic carbocycles. The molecule has 4 nitrogen and oxygen atoms in total. The normalized spacial score (nSPS) is 10.5. The van der Waals surface area contributed by atoms with Crippen molar-refractivity contribution in [2.75, 3.05) is 0 Å². The van der Waals surface area contributed by atoms with Gasteiger partial charge in [-0.05, 0) is 13.0 Å². The third-order valence-electron chi connectivity index (χ3n) is 1.97. The van der Waals surface area contributed by atoms with Gasteiger partial charge in [0.2, 0.25) is 0 Å². The highest BCUT2D eigenvalue weighted by Crippen LogP contribution is 2.24. The van der Waals surface area contributed by atoms with Crippen LogP contribution >= 0.6 is 0 Å². The fourth-order valence-electron chi connectivity index (χ4n) is 1.43. The molecule has 0 atom stereocenters. The summed E-state index contributed by atoms with van der Waals surface area (Å²) in [5.74, 6) is 0. The van der Waals surface area contributed by atoms with Crippen LogP contribution in [0, 0.1) is 17.0 Å². The largest absolute Gasteiger partial charge is 0.353 e. The Morgan fingerprint density at radius 1 is 1.46 bits per heavy atom. The Hall–Kier alpha value is -1.84. The predicted octanol–water partition coefficient (Wildman–Crippen LogP) is 2.38. The lowest BCUT2D eigenvalue weighted by Gasteiger charge is -1.91. The van der Waals surface area contributed by atoms with Gasteiger partial charge in [-0.1, -0.05) is 12.1 Å². The summed E-state index contributed by atoms with van der Waals surface area (Å²) in [5, 5.41) is 11.5. The van der Waals surface area contributed by atoms with Crippen molar-refractivity contribution in [2.24, 2.45) is 0 Å². The Bertz CT molecular complexity index is 473. The first-order chi connectivity index (χ1) is 6.18. The standard InChI is InChI=1S/C9H8N2O2/c1-6-5-7-3-2-4-8(11(12)13)9(7)10-6/h2-5,10H,1H3. The summed E-state index contributed by atoms with van der Waals surface area (Å²) in [4.78, 5) is 13.2. The number of benzene rings is 1. The first kappa shape index (κ1) is 7.79. The zero-order valence-electron chi connectivity index (χ0n) is 7.07. The van der Waals surface area contributed by atoms with E-state index in [1.165, 1.54) is 6.07 Å². The Kier molecular flexibility index (Phi) is 1.55. The highest BCUT2D eigenvalue weighted by molar-refractivity contribution is 5.88. The number of aromatic nitrogens is 1. The van der Waals surface area contributed by atoms with Gasteiger partial charge in [-0.25, -0.2) is 0 Å². The van der Waals surface area contributed by atoms with Gasteiger partial charge in [0.1, 0.15) is 5.52 Å². The molecule has 13 heavy (non-hydrogen) atoms. The van der Waals surface area contributed by atoms with E-state index in [1.807, 2.05) is 19.1 Å². The minimum absolute atomic E-state index is 0.130. The first-order valence-corrected chi connectivity index (χ1v) is 3.91. The van der Waals surface area contributed by atoms with Gasteiger partial charge in [0.25, 0.3) is 5.69 Å². The number of hydrogen-bond donors (Lipinski definition) is 1. The molecule has 0 amide bonds. The van der Waals surface area contributed by atoms with E-state index in [4.69, 9.17) is 0 Å². The number of aryl methyl sites for hydroxylation is 1. The van der Waals surface area contributed by atoms with E-state index in [-0.39, 0.29) is 10.6 Å². The van der Waals surface area contributed by atoms with Crippen LogP contribution in [0.1, 0.15) is 5.69 Å². The maximum absolute atomic E-state index is 10.6. The molecule has 0 aliphatic rings. The van der Waals surface area contributed by atoms with Gasteiger partial charge in [-0.15, -0.1) is 0 Å². The van der Waals surface area contributed by atoms with Crippen LogP contribution in [0.15, 0.2) is 24.3 Å². The zero-order chi connectivity index (χ0) is 9.42. The molecule has 0 spiro atoms. The van der Waals surface area contributed by atoms with Crippen LogP contribution in [0.3, 0.4) is 0 Å². The van der Waals surface area contributed by atoms with Gasteiger partial charge >= 0.3 is 0 Å². The molecule has 0 radical (unpaired) electrons. The summed E-state index contributed by atoms with van der Waals surface area (Å²) < 4.78 is 0. The number of H-pyrrole nitrogens is 1. The van der Waals surface area contributed by atoms with Gasteiger partial charge in [0, 0.05) is 17.1 Å². The van der Waals surface area contributed by atoms with Crippen molar-refractivity contribution in [1.82, 2.24) is 4.98 Å². The van der Waals surface area contributed by atoms with Crippen molar-refractivity contribution in [3.05, 3.63) is 40.1 Å². The summed E-state index contributed by atoms with van der Waals surface area (Å²) in [7, 11) is 0. The van der Waals surface area contributed by atoms with Gasteiger partial charge in [-0.3, -0.25) is 10.1 Å². The van der Waals surface area contributed by atoms with Crippen molar-refractivity contribution in [3.63, 3.8) is 0 Å². The van der Waals surface area contributed by atoms with Crippen LogP contribution in [-0.4, -0.2) is 9.91 Å². The van der Waals surface area contributed by atoms with Crippen molar-refractivity contribution in [3.8, 4) is 0 Å². The SMILES string of the molecule is Cc1cc2cccc([N+](=O)[O-])c2[nH]1. The predicted molar refractivity (Wildman–Crippen MR) is 49.7 cm³/mol. The van der Waals surface area contributed by atoms with E-state index in [2.05, 4.69) is 4.98 Å². The van der Waals surface area contributed by atoms with E-state index in [0.29, 0.717) is 5.52 Å². The number of nitrogens with one attached hydrogen (secondary N) is 1. The molecule has 0 aliphatic heterocycles. The van der Waals surface area contributed by atoms with E-state index in [9.17, 15) is 10.1 Å². The monoisotopic (exact) mass is 176 g/mol. The Labute approximate surface area is 74.3 Å². The van der Waals surface area contributed by atoms with Gasteiger partial charge in [0.15, 0.2) is 0 Å². The number of para-hydroxylation sites is 1. The number of hydrogen-bond acceptors (Lipinski definition) is 2. The van der Waals surface area contributed by atoms with Crippen LogP contribution in [0.4, 0.5) is 5.69 Å². The lowest BCUT2D eigenvalue weighted by atomic mass is 10.2. The second-order valence-electron chi connectivity index (χ2n) is 2.95. The molecule has 2 aromatic rings. The third kappa shape index (κ3) is 1.16. The van der Waals surface area contributed by atoms with Crippen LogP contribution in [0.2, 0.25) is 0 Å². The number of fused-ring (bicyclic) bond motifs is 1. The summed E-state index contributed by atoms with van der Waals surface area (Å²) in [6.07, 6.45) is 0. The summed E-state index contributed by atoms with van der Waals surface area (Å²) in [5.41, 5.74) is 1.67. The lowest BCUT2D eigenvalue weighted by molar-refractivity contribution is -0.383. The Morgan fingerprint density at radius 2 is 2.23 bits per heavy atom. The molecule has 0 saturated heterocycles. The van der Waals surface area contributed by atoms with Crippen molar-refractivity contribution in [1.29, 1.82) is 0 Å². The average molecular weight is 176 g/mol. The molecule has 0 unspecified atom stereocenters. The second-order valence-corrected chi connectivity index (χ2v) is 2.95. The number of nitrogens with zero attached hydrogens (tertiary/aromatic N) is 1. The van der Waals surface area contributed by atoms with E-state index < -0.39 is 0 Å². The summed E-state index contributed by atoms with van der Waals surface area (Å²) in [6, 6.07) is 6.93. The highest BCUT2D eigenvalue weighted by atomic mass is 16.6. The topological polar surface area (TPSA) is 58.9 Å². The molecule has 66 valence electrons. The fourth-order valence-corrected chi connectivity index (χ4v) is 1.43. The maximum atomic E-state index is 10.6. The molecular weight excluding hydrogens is 168 g/mol. The van der Waals surface area contributed by atoms with Gasteiger partial charge in [-0.2, -0.15) is 0 Å². The second kappa shape index (κ2) is 2.58. The third-order valence-corrected chi connectivity index (χ3v) is 1.97. The number of rotatable bonds is 1. The van der Waals surface area contributed by atoms with E-state index >= 15 is 0 Å². The van der Waals surface area contributed by atoms with Crippen molar-refractivity contribution >= 4 is 16.6 Å². The maximum Gasteiger partial charge on any atom is 0.293 e. The lowest BCUT2D eigenvalue weighted by Crippen LogP contribution is -1.88. The summed E-state index contributed by atoms with van der Waals surface area (Å²) in [6.45, 7) is 1.88. The highest BCUT2D eigenvalue weighted by Gasteiger charge is 2.11. The molecule has 0 fully saturated rings. The van der Waals surface area contributed by atoms with Crippen LogP contribution < -0.4 is 0 Å². The molecular formula is C9H8N2O2. The first-order valence-electron chi connectivity index (χ1n) is 3.91. The molecule has 1 heterocycles. The van der Waals surface area contributed by atoms with Gasteiger partial charge in [0.05, 0.1) is 4.92 Å². The van der Waals surface area contributed by atoms with Crippen LogP contribution in [-0.2, 0) is 0 Å². The Morgan fingerprint density at radius 3 is 2.92 bits per heavy atom. The molecule has 2 rings (SSSR count). The van der Waals surface area contributed by atoms with Crippen molar-refractivity contribution in [2.45, 2.75) is 6.92 Å². The van der Waals surface area contributed by atoms with Gasteiger partial charge < -0.3 is 4.98 Å². The average Bonchev–Trinajstić information content (AvgIpc) is 2.43. The zero-order valence-corrected chi connectivity index (χ0v) is 7.07. The van der Waals surface area contributed by atoms with Crippen molar-refractivity contribution < 1.29 is 4.92 Å². The number of non-ortho nitro benzene ring substituents is 1. The molecule has 0 bridgehead atoms. The Balaban J connectivity index is 2.82. The van der Waals surface area contributed by atoms with E-state index in [0.717, 1.165) is 11.1 Å². The number of aromatic amines is 1.